The van der Waals surface area contributed by atoms with E-state index in [2.05, 4.69) is 21.3 Å². The van der Waals surface area contributed by atoms with Crippen LogP contribution < -0.4 is 27.0 Å². The topological polar surface area (TPSA) is 217 Å². The van der Waals surface area contributed by atoms with Crippen LogP contribution in [0.2, 0.25) is 0 Å². The number of rotatable bonds is 15. The Morgan fingerprint density at radius 3 is 2.09 bits per heavy atom. The highest BCUT2D eigenvalue weighted by Crippen LogP contribution is 2.12. The number of amides is 4. The highest BCUT2D eigenvalue weighted by molar-refractivity contribution is 5.94. The molecule has 0 aliphatic carbocycles. The first-order valence-electron chi connectivity index (χ1n) is 11.3. The fourth-order valence-corrected chi connectivity index (χ4v) is 3.48. The fraction of sp³-hybridized carbons (Fsp3) is 0.714. The Morgan fingerprint density at radius 1 is 0.971 bits per heavy atom. The van der Waals surface area contributed by atoms with Crippen LogP contribution in [0, 0.1) is 5.92 Å². The van der Waals surface area contributed by atoms with E-state index >= 15 is 0 Å². The van der Waals surface area contributed by atoms with E-state index in [1.807, 2.05) is 6.92 Å². The Hall–Kier alpha value is -3.22. The Labute approximate surface area is 197 Å². The summed E-state index contributed by atoms with van der Waals surface area (Å²) >= 11 is 0. The van der Waals surface area contributed by atoms with Gasteiger partial charge < -0.3 is 37.2 Å². The first-order chi connectivity index (χ1) is 16.0. The van der Waals surface area contributed by atoms with Gasteiger partial charge in [-0.3, -0.25) is 24.0 Å². The van der Waals surface area contributed by atoms with Gasteiger partial charge in [0.15, 0.2) is 0 Å². The van der Waals surface area contributed by atoms with Crippen molar-refractivity contribution in [1.82, 2.24) is 21.3 Å². The third kappa shape index (κ3) is 9.73. The van der Waals surface area contributed by atoms with E-state index in [1.165, 1.54) is 0 Å². The lowest BCUT2D eigenvalue weighted by Gasteiger charge is -2.28. The van der Waals surface area contributed by atoms with Gasteiger partial charge in [-0.2, -0.15) is 0 Å². The summed E-state index contributed by atoms with van der Waals surface area (Å²) in [5.74, 6) is -5.59. The lowest BCUT2D eigenvalue weighted by Crippen LogP contribution is -2.58. The van der Waals surface area contributed by atoms with Crippen molar-refractivity contribution in [2.75, 3.05) is 6.54 Å². The molecule has 34 heavy (non-hydrogen) atoms. The summed E-state index contributed by atoms with van der Waals surface area (Å²) in [4.78, 5) is 71.8. The van der Waals surface area contributed by atoms with Crippen LogP contribution in [0.25, 0.3) is 0 Å². The molecule has 1 fully saturated rings. The van der Waals surface area contributed by atoms with Crippen LogP contribution in [0.5, 0.6) is 0 Å². The van der Waals surface area contributed by atoms with Gasteiger partial charge in [0, 0.05) is 12.8 Å². The minimum absolute atomic E-state index is 0.205. The summed E-state index contributed by atoms with van der Waals surface area (Å²) < 4.78 is 0. The number of nitrogens with two attached hydrogens (primary N) is 1. The zero-order valence-corrected chi connectivity index (χ0v) is 19.5. The van der Waals surface area contributed by atoms with Gasteiger partial charge in [0.2, 0.25) is 23.6 Å². The van der Waals surface area contributed by atoms with E-state index in [-0.39, 0.29) is 31.1 Å². The van der Waals surface area contributed by atoms with Gasteiger partial charge >= 0.3 is 11.9 Å². The van der Waals surface area contributed by atoms with Crippen LogP contribution in [0.1, 0.15) is 58.8 Å². The second-order valence-electron chi connectivity index (χ2n) is 8.42. The molecule has 13 heteroatoms. The molecule has 0 saturated carbocycles. The van der Waals surface area contributed by atoms with Gasteiger partial charge in [-0.15, -0.1) is 0 Å². The summed E-state index contributed by atoms with van der Waals surface area (Å²) in [5, 5.41) is 28.5. The molecule has 1 saturated heterocycles. The first kappa shape index (κ1) is 28.8. The standard InChI is InChI=1S/C21H35N5O8/c1-3-11(2)17(26-18(30)12-5-4-10-23-12)20(32)24-13(6-8-15(22)27)19(31)25-14(21(33)34)7-9-16(28)29/h11-14,17,23H,3-10H2,1-2H3,(H2,22,27)(H,24,32)(H,25,31)(H,26,30)(H,28,29)(H,33,34). The molecule has 0 radical (unpaired) electrons. The van der Waals surface area contributed by atoms with Crippen molar-refractivity contribution in [1.29, 1.82) is 0 Å². The van der Waals surface area contributed by atoms with E-state index in [0.717, 1.165) is 6.42 Å². The van der Waals surface area contributed by atoms with Crippen molar-refractivity contribution in [3.8, 4) is 0 Å². The van der Waals surface area contributed by atoms with Gasteiger partial charge in [0.05, 0.1) is 6.04 Å². The van der Waals surface area contributed by atoms with Gasteiger partial charge in [0.25, 0.3) is 0 Å². The van der Waals surface area contributed by atoms with Crippen LogP contribution in [0.3, 0.4) is 0 Å². The zero-order valence-electron chi connectivity index (χ0n) is 19.5. The molecule has 1 rings (SSSR count). The Kier molecular flexibility index (Phi) is 12.0. The average Bonchev–Trinajstić information content (AvgIpc) is 3.31. The molecule has 5 unspecified atom stereocenters. The average molecular weight is 486 g/mol. The molecule has 5 atom stereocenters. The molecule has 0 aromatic heterocycles. The summed E-state index contributed by atoms with van der Waals surface area (Å²) in [6.07, 6.45) is 0.684. The monoisotopic (exact) mass is 485 g/mol. The smallest absolute Gasteiger partial charge is 0.326 e. The Bertz CT molecular complexity index is 768. The summed E-state index contributed by atoms with van der Waals surface area (Å²) in [6, 6.07) is -4.21. The number of carboxylic acid groups (broad SMARTS) is 2. The van der Waals surface area contributed by atoms with E-state index in [4.69, 9.17) is 10.8 Å². The molecule has 4 amide bonds. The second-order valence-corrected chi connectivity index (χ2v) is 8.42. The van der Waals surface area contributed by atoms with Crippen LogP contribution in [-0.4, -0.2) is 76.5 Å². The third-order valence-corrected chi connectivity index (χ3v) is 5.74. The predicted octanol–water partition coefficient (Wildman–Crippen LogP) is -1.55. The fourth-order valence-electron chi connectivity index (χ4n) is 3.48. The highest BCUT2D eigenvalue weighted by Gasteiger charge is 2.33. The summed E-state index contributed by atoms with van der Waals surface area (Å²) in [7, 11) is 0. The lowest BCUT2D eigenvalue weighted by atomic mass is 9.97. The van der Waals surface area contributed by atoms with Gasteiger partial charge in [-0.1, -0.05) is 20.3 Å². The lowest BCUT2D eigenvalue weighted by molar-refractivity contribution is -0.143. The highest BCUT2D eigenvalue weighted by atomic mass is 16.4. The van der Waals surface area contributed by atoms with E-state index < -0.39 is 60.2 Å². The molecule has 0 aromatic rings. The molecule has 0 bridgehead atoms. The van der Waals surface area contributed by atoms with E-state index in [0.29, 0.717) is 19.4 Å². The number of carbonyl (C=O) groups excluding carboxylic acids is 4. The minimum Gasteiger partial charge on any atom is -0.481 e. The molecule has 13 nitrogen and oxygen atoms in total. The first-order valence-corrected chi connectivity index (χ1v) is 11.3. The Balaban J connectivity index is 2.97. The second kappa shape index (κ2) is 14.1. The number of aliphatic carboxylic acids is 2. The molecule has 0 spiro atoms. The van der Waals surface area contributed by atoms with E-state index in [1.54, 1.807) is 6.92 Å². The zero-order chi connectivity index (χ0) is 25.8. The predicted molar refractivity (Wildman–Crippen MR) is 119 cm³/mol. The van der Waals surface area contributed by atoms with Crippen molar-refractivity contribution in [3.63, 3.8) is 0 Å². The maximum Gasteiger partial charge on any atom is 0.326 e. The molecular weight excluding hydrogens is 450 g/mol. The maximum absolute atomic E-state index is 13.1. The summed E-state index contributed by atoms with van der Waals surface area (Å²) in [6.45, 7) is 4.29. The number of hydrogen-bond donors (Lipinski definition) is 7. The van der Waals surface area contributed by atoms with Crippen LogP contribution in [0.15, 0.2) is 0 Å². The van der Waals surface area contributed by atoms with Crippen LogP contribution in [-0.2, 0) is 28.8 Å². The molecule has 0 aromatic carbocycles. The molecule has 1 heterocycles. The van der Waals surface area contributed by atoms with Crippen molar-refractivity contribution >= 4 is 35.6 Å². The molecule has 1 aliphatic rings. The number of carbonyl (C=O) groups is 6. The number of nitrogens with one attached hydrogen (secondary N) is 4. The van der Waals surface area contributed by atoms with Gasteiger partial charge in [-0.25, -0.2) is 4.79 Å². The maximum atomic E-state index is 13.1. The normalized spacial score (nSPS) is 18.7. The molecule has 1 aliphatic heterocycles. The van der Waals surface area contributed by atoms with Crippen molar-refractivity contribution in [2.45, 2.75) is 83.0 Å². The third-order valence-electron chi connectivity index (χ3n) is 5.74. The SMILES string of the molecule is CCC(C)C(NC(=O)C1CCCN1)C(=O)NC(CCC(N)=O)C(=O)NC(CCC(=O)O)C(=O)O. The van der Waals surface area contributed by atoms with Gasteiger partial charge in [0.1, 0.15) is 18.1 Å². The number of carboxylic acids is 2. The van der Waals surface area contributed by atoms with Crippen molar-refractivity contribution in [2.24, 2.45) is 11.7 Å². The molecule has 192 valence electrons. The van der Waals surface area contributed by atoms with E-state index in [9.17, 15) is 33.9 Å². The number of hydrogen-bond acceptors (Lipinski definition) is 7. The van der Waals surface area contributed by atoms with Crippen LogP contribution in [0.4, 0.5) is 0 Å². The Morgan fingerprint density at radius 2 is 1.59 bits per heavy atom. The van der Waals surface area contributed by atoms with Gasteiger partial charge in [-0.05, 0) is 38.1 Å². The molecular formula is C21H35N5O8. The largest absolute Gasteiger partial charge is 0.481 e. The van der Waals surface area contributed by atoms with Crippen molar-refractivity contribution < 1.29 is 39.0 Å². The quantitative estimate of drug-likeness (QED) is 0.143. The minimum atomic E-state index is -1.50. The summed E-state index contributed by atoms with van der Waals surface area (Å²) in [5.41, 5.74) is 5.16. The number of primary amides is 1. The van der Waals surface area contributed by atoms with Crippen molar-refractivity contribution in [3.05, 3.63) is 0 Å². The molecule has 8 N–H and O–H groups in total. The van der Waals surface area contributed by atoms with Crippen LogP contribution >= 0.6 is 0 Å².